The molecule has 1 N–H and O–H groups in total. The fourth-order valence-corrected chi connectivity index (χ4v) is 3.21. The highest BCUT2D eigenvalue weighted by Crippen LogP contribution is 2.32. The third-order valence-electron chi connectivity index (χ3n) is 2.84. The molecule has 1 aromatic heterocycles. The van der Waals surface area contributed by atoms with Gasteiger partial charge in [-0.3, -0.25) is 0 Å². The van der Waals surface area contributed by atoms with Gasteiger partial charge >= 0.3 is 0 Å². The number of aromatic nitrogens is 2. The van der Waals surface area contributed by atoms with E-state index in [1.165, 1.54) is 11.5 Å². The molecule has 3 nitrogen and oxygen atoms in total. The Kier molecular flexibility index (Phi) is 4.38. The van der Waals surface area contributed by atoms with Gasteiger partial charge in [0.05, 0.1) is 16.7 Å². The summed E-state index contributed by atoms with van der Waals surface area (Å²) >= 11 is 4.73. The monoisotopic (exact) mass is 340 g/mol. The maximum atomic E-state index is 10.4. The van der Waals surface area contributed by atoms with E-state index in [9.17, 15) is 5.11 Å². The van der Waals surface area contributed by atoms with E-state index in [1.807, 2.05) is 24.3 Å². The van der Waals surface area contributed by atoms with Gasteiger partial charge in [-0.15, -0.1) is 5.10 Å². The largest absolute Gasteiger partial charge is 0.387 e. The zero-order valence-electron chi connectivity index (χ0n) is 11.2. The number of rotatable bonds is 3. The average molecular weight is 341 g/mol. The van der Waals surface area contributed by atoms with Crippen LogP contribution in [-0.2, 0) is 11.8 Å². The predicted molar refractivity (Wildman–Crippen MR) is 81.4 cm³/mol. The molecule has 0 fully saturated rings. The first-order valence-electron chi connectivity index (χ1n) is 6.13. The normalized spacial score (nSPS) is 13.5. The molecule has 0 aliphatic rings. The van der Waals surface area contributed by atoms with Crippen LogP contribution in [0, 0.1) is 0 Å². The van der Waals surface area contributed by atoms with Crippen molar-refractivity contribution < 1.29 is 5.11 Å². The van der Waals surface area contributed by atoms with Crippen LogP contribution >= 0.6 is 27.5 Å². The molecule has 2 aromatic rings. The van der Waals surface area contributed by atoms with Crippen LogP contribution in [0.3, 0.4) is 0 Å². The van der Waals surface area contributed by atoms with Gasteiger partial charge in [0.2, 0.25) is 0 Å². The molecule has 1 aromatic carbocycles. The summed E-state index contributed by atoms with van der Waals surface area (Å²) in [6.07, 6.45) is 0.0235. The first-order chi connectivity index (χ1) is 8.88. The average Bonchev–Trinajstić information content (AvgIpc) is 2.77. The number of hydrogen-bond acceptors (Lipinski definition) is 4. The van der Waals surface area contributed by atoms with Gasteiger partial charge in [0.15, 0.2) is 0 Å². The summed E-state index contributed by atoms with van der Waals surface area (Å²) in [5.74, 6) is 0. The van der Waals surface area contributed by atoms with Crippen molar-refractivity contribution in [3.63, 3.8) is 0 Å². The number of nitrogens with zero attached hydrogens (tertiary/aromatic N) is 2. The Bertz CT molecular complexity index is 563. The summed E-state index contributed by atoms with van der Waals surface area (Å²) in [5, 5.41) is 14.6. The maximum Gasteiger partial charge on any atom is 0.0957 e. The molecule has 0 amide bonds. The smallest absolute Gasteiger partial charge is 0.0957 e. The molecule has 0 aliphatic carbocycles. The fraction of sp³-hybridized carbons (Fsp3) is 0.429. The second kappa shape index (κ2) is 5.69. The van der Waals surface area contributed by atoms with E-state index in [2.05, 4.69) is 46.3 Å². The van der Waals surface area contributed by atoms with Crippen LogP contribution in [0.15, 0.2) is 28.7 Å². The highest BCUT2D eigenvalue weighted by atomic mass is 79.9. The van der Waals surface area contributed by atoms with Crippen molar-refractivity contribution >= 4 is 27.5 Å². The van der Waals surface area contributed by atoms with Gasteiger partial charge in [0.25, 0.3) is 0 Å². The molecule has 102 valence electrons. The Morgan fingerprint density at radius 2 is 2.11 bits per heavy atom. The Balaban J connectivity index is 2.21. The molecule has 0 spiro atoms. The lowest BCUT2D eigenvalue weighted by atomic mass is 9.89. The lowest BCUT2D eigenvalue weighted by Gasteiger charge is -2.19. The molecule has 5 heteroatoms. The lowest BCUT2D eigenvalue weighted by molar-refractivity contribution is 0.179. The molecule has 0 saturated heterocycles. The number of benzene rings is 1. The molecular weight excluding hydrogens is 324 g/mol. The van der Waals surface area contributed by atoms with Gasteiger partial charge in [0.1, 0.15) is 0 Å². The SMILES string of the molecule is CC(C)(C)c1nnsc1C(O)Cc1cccc(Br)c1. The van der Waals surface area contributed by atoms with E-state index in [0.717, 1.165) is 20.6 Å². The second-order valence-electron chi connectivity index (χ2n) is 5.59. The highest BCUT2D eigenvalue weighted by Gasteiger charge is 2.26. The maximum absolute atomic E-state index is 10.4. The third kappa shape index (κ3) is 3.61. The Morgan fingerprint density at radius 1 is 1.37 bits per heavy atom. The molecule has 19 heavy (non-hydrogen) atoms. The van der Waals surface area contributed by atoms with Crippen molar-refractivity contribution in [3.05, 3.63) is 44.9 Å². The van der Waals surface area contributed by atoms with E-state index in [4.69, 9.17) is 0 Å². The van der Waals surface area contributed by atoms with Crippen LogP contribution in [0.2, 0.25) is 0 Å². The topological polar surface area (TPSA) is 46.0 Å². The van der Waals surface area contributed by atoms with Gasteiger partial charge in [-0.25, -0.2) is 0 Å². The Hall–Kier alpha value is -0.780. The first kappa shape index (κ1) is 14.6. The molecule has 1 atom stereocenters. The van der Waals surface area contributed by atoms with Crippen molar-refractivity contribution in [3.8, 4) is 0 Å². The molecule has 0 saturated carbocycles. The molecular formula is C14H17BrN2OS. The van der Waals surface area contributed by atoms with E-state index in [1.54, 1.807) is 0 Å². The minimum absolute atomic E-state index is 0.0966. The number of hydrogen-bond donors (Lipinski definition) is 1. The molecule has 1 unspecified atom stereocenters. The molecule has 0 radical (unpaired) electrons. The Labute approximate surface area is 126 Å². The molecule has 0 bridgehead atoms. The van der Waals surface area contributed by atoms with Gasteiger partial charge in [-0.1, -0.05) is 53.3 Å². The second-order valence-corrected chi connectivity index (χ2v) is 7.29. The summed E-state index contributed by atoms with van der Waals surface area (Å²) in [6.45, 7) is 6.25. The van der Waals surface area contributed by atoms with Crippen LogP contribution in [0.4, 0.5) is 0 Å². The van der Waals surface area contributed by atoms with Gasteiger partial charge < -0.3 is 5.11 Å². The van der Waals surface area contributed by atoms with Crippen molar-refractivity contribution in [1.29, 1.82) is 0 Å². The summed E-state index contributed by atoms with van der Waals surface area (Å²) < 4.78 is 5.02. The Morgan fingerprint density at radius 3 is 2.74 bits per heavy atom. The molecule has 1 heterocycles. The van der Waals surface area contributed by atoms with Crippen molar-refractivity contribution in [1.82, 2.24) is 9.59 Å². The van der Waals surface area contributed by atoms with Crippen molar-refractivity contribution in [2.45, 2.75) is 38.7 Å². The number of aliphatic hydroxyl groups excluding tert-OH is 1. The molecule has 2 rings (SSSR count). The van der Waals surface area contributed by atoms with E-state index >= 15 is 0 Å². The lowest BCUT2D eigenvalue weighted by Crippen LogP contribution is -2.16. The number of aliphatic hydroxyl groups is 1. The van der Waals surface area contributed by atoms with E-state index < -0.39 is 6.10 Å². The predicted octanol–water partition coefficient (Wildman–Crippen LogP) is 3.87. The van der Waals surface area contributed by atoms with Crippen LogP contribution in [-0.4, -0.2) is 14.7 Å². The van der Waals surface area contributed by atoms with Gasteiger partial charge in [-0.2, -0.15) is 0 Å². The highest BCUT2D eigenvalue weighted by molar-refractivity contribution is 9.10. The summed E-state index contributed by atoms with van der Waals surface area (Å²) in [5.41, 5.74) is 1.88. The van der Waals surface area contributed by atoms with Crippen molar-refractivity contribution in [2.75, 3.05) is 0 Å². The zero-order valence-corrected chi connectivity index (χ0v) is 13.6. The standard InChI is InChI=1S/C14H17BrN2OS/c1-14(2,3)13-12(19-17-16-13)11(18)8-9-5-4-6-10(15)7-9/h4-7,11,18H,8H2,1-3H3. The summed E-state index contributed by atoms with van der Waals surface area (Å²) in [7, 11) is 0. The fourth-order valence-electron chi connectivity index (χ4n) is 1.92. The summed E-state index contributed by atoms with van der Waals surface area (Å²) in [4.78, 5) is 0.868. The van der Waals surface area contributed by atoms with Gasteiger partial charge in [0, 0.05) is 16.3 Å². The first-order valence-corrected chi connectivity index (χ1v) is 7.70. The van der Waals surface area contributed by atoms with Gasteiger partial charge in [-0.05, 0) is 29.2 Å². The zero-order chi connectivity index (χ0) is 14.0. The minimum Gasteiger partial charge on any atom is -0.387 e. The number of halogens is 1. The van der Waals surface area contributed by atoms with Crippen molar-refractivity contribution in [2.24, 2.45) is 0 Å². The van der Waals surface area contributed by atoms with Crippen LogP contribution in [0.25, 0.3) is 0 Å². The third-order valence-corrected chi connectivity index (χ3v) is 4.16. The van der Waals surface area contributed by atoms with Crippen LogP contribution < -0.4 is 0 Å². The summed E-state index contributed by atoms with van der Waals surface area (Å²) in [6, 6.07) is 7.99. The van der Waals surface area contributed by atoms with Crippen LogP contribution in [0.1, 0.15) is 43.0 Å². The quantitative estimate of drug-likeness (QED) is 0.922. The minimum atomic E-state index is -0.552. The van der Waals surface area contributed by atoms with E-state index in [0.29, 0.717) is 6.42 Å². The van der Waals surface area contributed by atoms with E-state index in [-0.39, 0.29) is 5.41 Å². The molecule has 0 aliphatic heterocycles. The van der Waals surface area contributed by atoms with Crippen LogP contribution in [0.5, 0.6) is 0 Å².